The number of hydrogen-bond acceptors (Lipinski definition) is 3. The Morgan fingerprint density at radius 3 is 2.14 bits per heavy atom. The van der Waals surface area contributed by atoms with E-state index in [1.165, 1.54) is 0 Å². The molecule has 0 spiro atoms. The van der Waals surface area contributed by atoms with Crippen LogP contribution in [0.3, 0.4) is 0 Å². The van der Waals surface area contributed by atoms with Gasteiger partial charge in [0.05, 0.1) is 0 Å². The van der Waals surface area contributed by atoms with Crippen molar-refractivity contribution in [3.63, 3.8) is 0 Å². The molecular formula is C19H24F3IN2O3. The number of nitrogens with zero attached hydrogens (tertiary/aromatic N) is 1. The van der Waals surface area contributed by atoms with Crippen molar-refractivity contribution >= 4 is 34.6 Å². The molecule has 0 saturated carbocycles. The zero-order valence-electron chi connectivity index (χ0n) is 16.0. The lowest BCUT2D eigenvalue weighted by Crippen LogP contribution is -2.52. The first-order valence-electron chi connectivity index (χ1n) is 8.91. The maximum Gasteiger partial charge on any atom is 0.471 e. The molecule has 9 heteroatoms. The summed E-state index contributed by atoms with van der Waals surface area (Å²) < 4.78 is 44.3. The van der Waals surface area contributed by atoms with E-state index >= 15 is 0 Å². The Labute approximate surface area is 176 Å². The summed E-state index contributed by atoms with van der Waals surface area (Å²) in [7, 11) is 0. The summed E-state index contributed by atoms with van der Waals surface area (Å²) in [6.45, 7) is 5.85. The molecular weight excluding hydrogens is 488 g/mol. The van der Waals surface area contributed by atoms with Gasteiger partial charge >= 0.3 is 18.2 Å². The number of amides is 2. The molecule has 0 atom stereocenters. The van der Waals surface area contributed by atoms with Crippen molar-refractivity contribution in [1.82, 2.24) is 10.2 Å². The van der Waals surface area contributed by atoms with Crippen molar-refractivity contribution in [1.29, 1.82) is 0 Å². The molecule has 2 rings (SSSR count). The number of carbonyl (C=O) groups is 2. The van der Waals surface area contributed by atoms with Crippen LogP contribution in [0, 0.1) is 3.57 Å². The molecule has 1 aliphatic rings. The van der Waals surface area contributed by atoms with Crippen LogP contribution in [0.15, 0.2) is 24.3 Å². The number of halogens is 4. The summed E-state index contributed by atoms with van der Waals surface area (Å²) in [5, 5.41) is 2.03. The van der Waals surface area contributed by atoms with E-state index < -0.39 is 29.2 Å². The first-order chi connectivity index (χ1) is 12.8. The fraction of sp³-hybridized carbons (Fsp3) is 0.579. The van der Waals surface area contributed by atoms with Crippen LogP contribution in [0.2, 0.25) is 0 Å². The van der Waals surface area contributed by atoms with Gasteiger partial charge in [-0.15, -0.1) is 0 Å². The van der Waals surface area contributed by atoms with Gasteiger partial charge in [-0.1, -0.05) is 12.1 Å². The molecule has 1 N–H and O–H groups in total. The minimum atomic E-state index is -4.93. The molecule has 28 heavy (non-hydrogen) atoms. The summed E-state index contributed by atoms with van der Waals surface area (Å²) in [5.41, 5.74) is -0.453. The van der Waals surface area contributed by atoms with Crippen molar-refractivity contribution in [2.24, 2.45) is 0 Å². The van der Waals surface area contributed by atoms with Crippen molar-refractivity contribution in [3.8, 4) is 0 Å². The van der Waals surface area contributed by atoms with E-state index in [1.807, 2.05) is 29.6 Å². The third kappa shape index (κ3) is 5.99. The second kappa shape index (κ2) is 8.46. The number of likely N-dealkylation sites (tertiary alicyclic amines) is 1. The number of ether oxygens (including phenoxy) is 1. The monoisotopic (exact) mass is 512 g/mol. The number of alkyl halides is 3. The van der Waals surface area contributed by atoms with Gasteiger partial charge in [0.1, 0.15) is 5.60 Å². The van der Waals surface area contributed by atoms with Crippen LogP contribution in [-0.4, -0.2) is 48.3 Å². The summed E-state index contributed by atoms with van der Waals surface area (Å²) in [6.07, 6.45) is -4.52. The molecule has 0 bridgehead atoms. The summed E-state index contributed by atoms with van der Waals surface area (Å²) in [4.78, 5) is 25.2. The third-order valence-electron chi connectivity index (χ3n) is 4.67. The van der Waals surface area contributed by atoms with Crippen LogP contribution in [0.4, 0.5) is 18.0 Å². The summed E-state index contributed by atoms with van der Waals surface area (Å²) >= 11 is 2.15. The second-order valence-electron chi connectivity index (χ2n) is 7.94. The quantitative estimate of drug-likeness (QED) is 0.617. The van der Waals surface area contributed by atoms with Crippen molar-refractivity contribution < 1.29 is 27.5 Å². The lowest BCUT2D eigenvalue weighted by atomic mass is 9.72. The molecule has 0 aromatic heterocycles. The van der Waals surface area contributed by atoms with Crippen LogP contribution in [-0.2, 0) is 14.9 Å². The highest BCUT2D eigenvalue weighted by Crippen LogP contribution is 2.36. The van der Waals surface area contributed by atoms with Crippen LogP contribution >= 0.6 is 22.6 Å². The van der Waals surface area contributed by atoms with Crippen LogP contribution in [0.1, 0.15) is 39.2 Å². The molecule has 0 aliphatic carbocycles. The number of hydrogen-bond donors (Lipinski definition) is 1. The highest BCUT2D eigenvalue weighted by atomic mass is 127. The third-order valence-corrected chi connectivity index (χ3v) is 5.39. The van der Waals surface area contributed by atoms with Gasteiger partial charge in [0.15, 0.2) is 0 Å². The fourth-order valence-corrected chi connectivity index (χ4v) is 3.52. The smallest absolute Gasteiger partial charge is 0.444 e. The Morgan fingerprint density at radius 2 is 1.68 bits per heavy atom. The van der Waals surface area contributed by atoms with Crippen molar-refractivity contribution in [3.05, 3.63) is 33.4 Å². The standard InChI is InChI=1S/C19H24F3IN2O3/c1-17(2,3)28-16(27)25-10-8-18(9-11-25,12-24-15(26)19(20,21)22)13-4-6-14(23)7-5-13/h4-7H,8-12H2,1-3H3,(H,24,26). The van der Waals surface area contributed by atoms with E-state index in [4.69, 9.17) is 4.74 Å². The highest BCUT2D eigenvalue weighted by Gasteiger charge is 2.43. The lowest BCUT2D eigenvalue weighted by molar-refractivity contribution is -0.173. The molecule has 1 aliphatic heterocycles. The molecule has 1 aromatic rings. The number of piperidine rings is 1. The SMILES string of the molecule is CC(C)(C)OC(=O)N1CCC(CNC(=O)C(F)(F)F)(c2ccc(I)cc2)CC1. The number of rotatable bonds is 3. The van der Waals surface area contributed by atoms with Gasteiger partial charge in [0.2, 0.25) is 0 Å². The summed E-state index contributed by atoms with van der Waals surface area (Å²) in [6, 6.07) is 7.49. The minimum Gasteiger partial charge on any atom is -0.444 e. The molecule has 1 fully saturated rings. The van der Waals surface area contributed by atoms with Crippen LogP contribution in [0.5, 0.6) is 0 Å². The number of nitrogens with one attached hydrogen (secondary N) is 1. The van der Waals surface area contributed by atoms with Gasteiger partial charge in [-0.2, -0.15) is 13.2 Å². The Hall–Kier alpha value is -1.52. The van der Waals surface area contributed by atoms with E-state index in [0.29, 0.717) is 25.9 Å². The molecule has 1 heterocycles. The minimum absolute atomic E-state index is 0.145. The largest absolute Gasteiger partial charge is 0.471 e. The predicted molar refractivity (Wildman–Crippen MR) is 107 cm³/mol. The van der Waals surface area contributed by atoms with Crippen LogP contribution < -0.4 is 5.32 Å². The van der Waals surface area contributed by atoms with E-state index in [9.17, 15) is 22.8 Å². The van der Waals surface area contributed by atoms with Crippen LogP contribution in [0.25, 0.3) is 0 Å². The fourth-order valence-electron chi connectivity index (χ4n) is 3.16. The molecule has 2 amide bonds. The van der Waals surface area contributed by atoms with Gasteiger partial charge in [0.25, 0.3) is 0 Å². The average molecular weight is 512 g/mol. The molecule has 1 saturated heterocycles. The Kier molecular flexibility index (Phi) is 6.88. The molecule has 0 radical (unpaired) electrons. The number of benzene rings is 1. The summed E-state index contributed by atoms with van der Waals surface area (Å²) in [5.74, 6) is -1.95. The maximum atomic E-state index is 12.6. The average Bonchev–Trinajstić information content (AvgIpc) is 2.58. The van der Waals surface area contributed by atoms with E-state index in [0.717, 1.165) is 9.13 Å². The van der Waals surface area contributed by atoms with Gasteiger partial charge in [-0.05, 0) is 73.9 Å². The predicted octanol–water partition coefficient (Wildman–Crippen LogP) is 4.24. The van der Waals surface area contributed by atoms with E-state index in [-0.39, 0.29) is 6.54 Å². The lowest BCUT2D eigenvalue weighted by Gasteiger charge is -2.42. The zero-order chi connectivity index (χ0) is 21.2. The Morgan fingerprint density at radius 1 is 1.14 bits per heavy atom. The molecule has 0 unspecified atom stereocenters. The Balaban J connectivity index is 2.16. The maximum absolute atomic E-state index is 12.6. The van der Waals surface area contributed by atoms with Gasteiger partial charge in [0, 0.05) is 28.6 Å². The van der Waals surface area contributed by atoms with Gasteiger partial charge < -0.3 is 15.0 Å². The van der Waals surface area contributed by atoms with Crippen molar-refractivity contribution in [2.45, 2.75) is 50.8 Å². The zero-order valence-corrected chi connectivity index (χ0v) is 18.2. The molecule has 1 aromatic carbocycles. The molecule has 156 valence electrons. The second-order valence-corrected chi connectivity index (χ2v) is 9.18. The first kappa shape index (κ1) is 22.8. The first-order valence-corrected chi connectivity index (χ1v) is 9.99. The number of carbonyl (C=O) groups excluding carboxylic acids is 2. The van der Waals surface area contributed by atoms with E-state index in [1.54, 1.807) is 25.7 Å². The normalized spacial score (nSPS) is 17.2. The van der Waals surface area contributed by atoms with Gasteiger partial charge in [-0.3, -0.25) is 4.79 Å². The van der Waals surface area contributed by atoms with Crippen molar-refractivity contribution in [2.75, 3.05) is 19.6 Å². The van der Waals surface area contributed by atoms with E-state index in [2.05, 4.69) is 22.6 Å². The topological polar surface area (TPSA) is 58.6 Å². The highest BCUT2D eigenvalue weighted by molar-refractivity contribution is 14.1. The molecule has 5 nitrogen and oxygen atoms in total. The van der Waals surface area contributed by atoms with Gasteiger partial charge in [-0.25, -0.2) is 4.79 Å². The Bertz CT molecular complexity index is 707.